The summed E-state index contributed by atoms with van der Waals surface area (Å²) in [7, 11) is 1.32. The first-order valence-corrected chi connectivity index (χ1v) is 21.6. The number of fused-ring (bicyclic) bond motifs is 8. The molecular formula is C49H64N4O6. The Kier molecular flexibility index (Phi) is 13.6. The minimum absolute atomic E-state index is 0.0885. The lowest BCUT2D eigenvalue weighted by atomic mass is 9.84. The predicted molar refractivity (Wildman–Crippen MR) is 237 cm³/mol. The van der Waals surface area contributed by atoms with Crippen molar-refractivity contribution in [3.05, 3.63) is 79.8 Å². The highest BCUT2D eigenvalue weighted by molar-refractivity contribution is 5.97. The van der Waals surface area contributed by atoms with Gasteiger partial charge in [-0.15, -0.1) is 0 Å². The van der Waals surface area contributed by atoms with E-state index in [9.17, 15) is 19.8 Å². The van der Waals surface area contributed by atoms with E-state index in [2.05, 4.69) is 58.4 Å². The van der Waals surface area contributed by atoms with E-state index in [1.807, 2.05) is 38.1 Å². The molecule has 0 saturated carbocycles. The van der Waals surface area contributed by atoms with Crippen LogP contribution in [0.4, 0.5) is 0 Å². The number of carbonyl (C=O) groups excluding carboxylic acids is 2. The highest BCUT2D eigenvalue weighted by Crippen LogP contribution is 2.46. The number of hydrogen-bond donors (Lipinski definition) is 4. The number of aromatic nitrogens is 4. The fourth-order valence-corrected chi connectivity index (χ4v) is 9.21. The van der Waals surface area contributed by atoms with Gasteiger partial charge in [-0.1, -0.05) is 65.9 Å². The Hall–Kier alpha value is -5.12. The van der Waals surface area contributed by atoms with Crippen molar-refractivity contribution >= 4 is 57.2 Å². The lowest BCUT2D eigenvalue weighted by Crippen LogP contribution is -2.18. The molecule has 3 aromatic rings. The van der Waals surface area contributed by atoms with Crippen molar-refractivity contribution in [2.24, 2.45) is 11.8 Å². The Morgan fingerprint density at radius 2 is 1.64 bits per heavy atom. The molecule has 316 valence electrons. The second-order valence-electron chi connectivity index (χ2n) is 17.5. The molecule has 0 amide bonds. The monoisotopic (exact) mass is 804 g/mol. The maximum absolute atomic E-state index is 13.6. The van der Waals surface area contributed by atoms with Crippen LogP contribution in [-0.2, 0) is 19.1 Å². The fraction of sp³-hybridized carbons (Fsp3) is 0.510. The Balaban J connectivity index is 1.37. The van der Waals surface area contributed by atoms with Crippen LogP contribution in [0.15, 0.2) is 29.8 Å². The van der Waals surface area contributed by atoms with Crippen molar-refractivity contribution in [3.63, 3.8) is 0 Å². The van der Waals surface area contributed by atoms with Gasteiger partial charge in [0, 0.05) is 51.0 Å². The average Bonchev–Trinajstić information content (AvgIpc) is 3.94. The van der Waals surface area contributed by atoms with Crippen LogP contribution in [0, 0.1) is 25.7 Å². The quantitative estimate of drug-likeness (QED) is 0.0876. The third-order valence-electron chi connectivity index (χ3n) is 12.9. The van der Waals surface area contributed by atoms with E-state index < -0.39 is 11.9 Å². The standard InChI is InChI=1S/C49H64N4O6/c1-11-33-29(6)37-23-41-35(25-54)31(8)36(51-41)22-38-30(7)34(18-19-42(55)59-21-20-28(5)17-13-16-27(4)15-12-14-26(2)3)46(52-38)44-45(49(57)58-10)48(56)43-32(9)39(53-47(43)44)24-40(33)50-37/h20,22-27,30,34,45,51,53-54,56H,11-19,21H2,1-10H3/b28-20-,35-25?,38-22?,40-24?,41-23?/t27-,30+,34+,45-/m1/s1. The second-order valence-corrected chi connectivity index (χ2v) is 17.5. The molecule has 0 fully saturated rings. The summed E-state index contributed by atoms with van der Waals surface area (Å²) in [6.07, 6.45) is 11.6. The van der Waals surface area contributed by atoms with E-state index in [0.717, 1.165) is 93.3 Å². The van der Waals surface area contributed by atoms with Crippen LogP contribution in [0.5, 0.6) is 0 Å². The SMILES string of the molecule is CCC1=C(C)c2cc3[nH]c(cc4nc(c5c6[nH]c(cc1n2)c(C)c6=C(O)[C@@H]5C(=O)OC)[C@@H](CCC(=O)OC/C=C(/C)CCC[C@H](C)CCCC(C)C)[C@@H]4C)c(C)c3=CO. The number of hydrogen-bond acceptors (Lipinski definition) is 8. The number of aryl methyl sites for hydroxylation is 2. The molecule has 4 atom stereocenters. The van der Waals surface area contributed by atoms with Gasteiger partial charge in [-0.3, -0.25) is 14.6 Å². The Labute approximate surface area is 348 Å². The van der Waals surface area contributed by atoms with Crippen LogP contribution in [-0.4, -0.2) is 55.8 Å². The number of nitrogens with zero attached hydrogens (tertiary/aromatic N) is 2. The van der Waals surface area contributed by atoms with E-state index >= 15 is 0 Å². The van der Waals surface area contributed by atoms with Crippen molar-refractivity contribution in [1.29, 1.82) is 0 Å². The lowest BCUT2D eigenvalue weighted by Gasteiger charge is -2.19. The third-order valence-corrected chi connectivity index (χ3v) is 12.9. The van der Waals surface area contributed by atoms with Crippen molar-refractivity contribution < 1.29 is 29.3 Å². The first kappa shape index (κ1) is 43.5. The number of aromatic amines is 2. The first-order valence-electron chi connectivity index (χ1n) is 21.6. The van der Waals surface area contributed by atoms with Crippen molar-refractivity contribution in [3.8, 4) is 0 Å². The summed E-state index contributed by atoms with van der Waals surface area (Å²) >= 11 is 0. The lowest BCUT2D eigenvalue weighted by molar-refractivity contribution is -0.143. The van der Waals surface area contributed by atoms with E-state index in [4.69, 9.17) is 19.4 Å². The summed E-state index contributed by atoms with van der Waals surface area (Å²) in [4.78, 5) is 44.3. The molecule has 0 unspecified atom stereocenters. The highest BCUT2D eigenvalue weighted by atomic mass is 16.5. The molecule has 0 saturated heterocycles. The van der Waals surface area contributed by atoms with Crippen molar-refractivity contribution in [2.45, 2.75) is 138 Å². The summed E-state index contributed by atoms with van der Waals surface area (Å²) in [6, 6.07) is 5.95. The van der Waals surface area contributed by atoms with Gasteiger partial charge in [-0.05, 0) is 112 Å². The zero-order valence-corrected chi connectivity index (χ0v) is 36.8. The van der Waals surface area contributed by atoms with Crippen molar-refractivity contribution in [1.82, 2.24) is 19.9 Å². The zero-order chi connectivity index (χ0) is 42.7. The highest BCUT2D eigenvalue weighted by Gasteiger charge is 2.41. The van der Waals surface area contributed by atoms with Crippen LogP contribution in [0.1, 0.15) is 163 Å². The summed E-state index contributed by atoms with van der Waals surface area (Å²) in [5, 5.41) is 23.5. The number of nitrogens with one attached hydrogen (secondary N) is 2. The summed E-state index contributed by atoms with van der Waals surface area (Å²) in [6.45, 7) is 19.3. The second kappa shape index (κ2) is 18.4. The maximum atomic E-state index is 13.6. The maximum Gasteiger partial charge on any atom is 0.321 e. The van der Waals surface area contributed by atoms with Crippen molar-refractivity contribution in [2.75, 3.05) is 13.7 Å². The van der Waals surface area contributed by atoms with Gasteiger partial charge in [0.25, 0.3) is 0 Å². The van der Waals surface area contributed by atoms with Crippen LogP contribution >= 0.6 is 0 Å². The van der Waals surface area contributed by atoms with Crippen LogP contribution < -0.4 is 10.4 Å². The molecule has 2 aliphatic heterocycles. The van der Waals surface area contributed by atoms with Gasteiger partial charge < -0.3 is 29.7 Å². The van der Waals surface area contributed by atoms with Gasteiger partial charge in [0.1, 0.15) is 18.3 Å². The number of aliphatic hydroxyl groups is 2. The molecule has 59 heavy (non-hydrogen) atoms. The minimum Gasteiger partial charge on any atom is -0.515 e. The Bertz CT molecular complexity index is 2470. The summed E-state index contributed by atoms with van der Waals surface area (Å²) in [5.41, 5.74) is 11.4. The summed E-state index contributed by atoms with van der Waals surface area (Å²) < 4.78 is 11.0. The third kappa shape index (κ3) is 8.92. The van der Waals surface area contributed by atoms with E-state index in [1.165, 1.54) is 38.4 Å². The molecule has 4 N–H and O–H groups in total. The fourth-order valence-electron chi connectivity index (χ4n) is 9.21. The van der Waals surface area contributed by atoms with Gasteiger partial charge in [0.2, 0.25) is 0 Å². The normalized spacial score (nSPS) is 18.6. The number of aliphatic hydroxyl groups excluding tert-OH is 2. The molecule has 10 heteroatoms. The molecule has 0 radical (unpaired) electrons. The van der Waals surface area contributed by atoms with Crippen LogP contribution in [0.25, 0.3) is 45.2 Å². The number of esters is 2. The van der Waals surface area contributed by atoms with Gasteiger partial charge in [-0.25, -0.2) is 4.98 Å². The van der Waals surface area contributed by atoms with E-state index in [0.29, 0.717) is 33.6 Å². The number of H-pyrrole nitrogens is 2. The topological polar surface area (TPSA) is 150 Å². The van der Waals surface area contributed by atoms with Crippen LogP contribution in [0.3, 0.4) is 0 Å². The smallest absolute Gasteiger partial charge is 0.321 e. The summed E-state index contributed by atoms with van der Waals surface area (Å²) in [5.74, 6) is -1.07. The first-order chi connectivity index (χ1) is 28.2. The molecule has 0 aromatic carbocycles. The molecule has 10 nitrogen and oxygen atoms in total. The molecule has 0 spiro atoms. The van der Waals surface area contributed by atoms with Gasteiger partial charge in [0.15, 0.2) is 0 Å². The number of methoxy groups -OCH3 is 1. The number of allylic oxidation sites excluding steroid dienone is 3. The molecule has 5 heterocycles. The zero-order valence-electron chi connectivity index (χ0n) is 36.8. The Morgan fingerprint density at radius 3 is 2.34 bits per heavy atom. The molecule has 1 aliphatic carbocycles. The number of carbonyl (C=O) groups is 2. The number of rotatable bonds is 15. The van der Waals surface area contributed by atoms with Crippen LogP contribution in [0.2, 0.25) is 0 Å². The van der Waals surface area contributed by atoms with Gasteiger partial charge >= 0.3 is 11.9 Å². The average molecular weight is 805 g/mol. The van der Waals surface area contributed by atoms with E-state index in [1.54, 1.807) is 0 Å². The van der Waals surface area contributed by atoms with E-state index in [-0.39, 0.29) is 36.6 Å². The van der Waals surface area contributed by atoms with Gasteiger partial charge in [-0.2, -0.15) is 0 Å². The molecular weight excluding hydrogens is 741 g/mol. The Morgan fingerprint density at radius 1 is 0.932 bits per heavy atom. The minimum atomic E-state index is -1.09. The molecule has 3 aliphatic rings. The number of ether oxygens (including phenoxy) is 2. The van der Waals surface area contributed by atoms with Gasteiger partial charge in [0.05, 0.1) is 41.5 Å². The predicted octanol–water partition coefficient (Wildman–Crippen LogP) is 10.3. The largest absolute Gasteiger partial charge is 0.515 e. The molecule has 6 rings (SSSR count). The molecule has 3 aromatic heterocycles. The molecule has 8 bridgehead atoms.